The van der Waals surface area contributed by atoms with E-state index < -0.39 is 0 Å². The fraction of sp³-hybridized carbons (Fsp3) is 0.476. The van der Waals surface area contributed by atoms with E-state index in [1.54, 1.807) is 0 Å². The predicted octanol–water partition coefficient (Wildman–Crippen LogP) is 6.34. The molecule has 1 aromatic rings. The molecule has 0 aliphatic heterocycles. The van der Waals surface area contributed by atoms with Crippen LogP contribution in [-0.2, 0) is 6.42 Å². The fourth-order valence-electron chi connectivity index (χ4n) is 2.94. The number of nitrogens with zero attached hydrogens (tertiary/aromatic N) is 1. The minimum Gasteiger partial charge on any atom is -0.297 e. The highest BCUT2D eigenvalue weighted by Gasteiger charge is 2.14. The molecule has 0 radical (unpaired) electrons. The third kappa shape index (κ3) is 4.69. The van der Waals surface area contributed by atoms with Crippen LogP contribution in [0.5, 0.6) is 0 Å². The second kappa shape index (κ2) is 10.2. The maximum atomic E-state index is 4.07. The van der Waals surface area contributed by atoms with Crippen molar-refractivity contribution in [2.75, 3.05) is 7.05 Å². The van der Waals surface area contributed by atoms with Gasteiger partial charge in [-0.3, -0.25) is 4.99 Å². The molecule has 0 spiro atoms. The lowest BCUT2D eigenvalue weighted by Crippen LogP contribution is -2.02. The molecular formula is C21H31N. The summed E-state index contributed by atoms with van der Waals surface area (Å²) in [5, 5.41) is 0. The third-order valence-electron chi connectivity index (χ3n) is 3.98. The Labute approximate surface area is 136 Å². The highest BCUT2D eigenvalue weighted by molar-refractivity contribution is 5.85. The van der Waals surface area contributed by atoms with Gasteiger partial charge in [0.05, 0.1) is 0 Å². The van der Waals surface area contributed by atoms with E-state index in [9.17, 15) is 0 Å². The smallest absolute Gasteiger partial charge is 0.0277 e. The van der Waals surface area contributed by atoms with E-state index in [2.05, 4.69) is 49.2 Å². The van der Waals surface area contributed by atoms with E-state index in [-0.39, 0.29) is 0 Å². The molecule has 0 heterocycles. The van der Waals surface area contributed by atoms with E-state index in [0.29, 0.717) is 0 Å². The van der Waals surface area contributed by atoms with Crippen LogP contribution in [0.4, 0.5) is 0 Å². The predicted molar refractivity (Wildman–Crippen MR) is 102 cm³/mol. The van der Waals surface area contributed by atoms with Crippen LogP contribution in [0.15, 0.2) is 35.3 Å². The summed E-state index contributed by atoms with van der Waals surface area (Å²) in [4.78, 5) is 4.07. The van der Waals surface area contributed by atoms with Gasteiger partial charge in [0.1, 0.15) is 0 Å². The first-order chi connectivity index (χ1) is 10.8. The molecule has 0 fully saturated rings. The molecule has 0 bridgehead atoms. The van der Waals surface area contributed by atoms with Gasteiger partial charge in [-0.05, 0) is 72.1 Å². The first kappa shape index (κ1) is 18.4. The molecule has 0 amide bonds. The Hall–Kier alpha value is -1.63. The van der Waals surface area contributed by atoms with Gasteiger partial charge in [0.2, 0.25) is 0 Å². The Morgan fingerprint density at radius 3 is 2.59 bits per heavy atom. The lowest BCUT2D eigenvalue weighted by molar-refractivity contribution is 0.819. The molecule has 0 atom stereocenters. The Balaban J connectivity index is 0.00000116. The van der Waals surface area contributed by atoms with Crippen LogP contribution >= 0.6 is 0 Å². The quantitative estimate of drug-likeness (QED) is 0.575. The van der Waals surface area contributed by atoms with Gasteiger partial charge in [0.25, 0.3) is 0 Å². The summed E-state index contributed by atoms with van der Waals surface area (Å²) in [6.07, 6.45) is 12.3. The van der Waals surface area contributed by atoms with Gasteiger partial charge in [0, 0.05) is 13.3 Å². The number of rotatable bonds is 4. The molecule has 22 heavy (non-hydrogen) atoms. The van der Waals surface area contributed by atoms with Gasteiger partial charge >= 0.3 is 0 Å². The zero-order valence-electron chi connectivity index (χ0n) is 14.9. The first-order valence-corrected chi connectivity index (χ1v) is 8.74. The van der Waals surface area contributed by atoms with Crippen molar-refractivity contribution in [2.45, 2.75) is 59.8 Å². The molecule has 120 valence electrons. The lowest BCUT2D eigenvalue weighted by atomic mass is 9.84. The summed E-state index contributed by atoms with van der Waals surface area (Å²) >= 11 is 0. The van der Waals surface area contributed by atoms with Gasteiger partial charge in [0.15, 0.2) is 0 Å². The highest BCUT2D eigenvalue weighted by Crippen LogP contribution is 2.33. The Kier molecular flexibility index (Phi) is 8.50. The van der Waals surface area contributed by atoms with Crippen LogP contribution in [0.25, 0.3) is 11.1 Å². The van der Waals surface area contributed by atoms with Crippen molar-refractivity contribution in [1.82, 2.24) is 0 Å². The molecule has 1 aromatic carbocycles. The van der Waals surface area contributed by atoms with Crippen LogP contribution in [0, 0.1) is 0 Å². The normalized spacial score (nSPS) is 16.4. The number of fused-ring (bicyclic) bond motifs is 1. The molecule has 0 unspecified atom stereocenters. The Morgan fingerprint density at radius 2 is 1.95 bits per heavy atom. The standard InChI is InChI=1S/C19H25N.C2H6/c1-4-7-16-8-6-9-17-10-11-18(14-19(16)17)15(5-2)12-13-20-3;1-2/h7,10-14H,4-6,8-9H2,1-3H3;1-2H3/b15-12+,16-7+,20-13?;. The average Bonchev–Trinajstić information content (AvgIpc) is 2.58. The summed E-state index contributed by atoms with van der Waals surface area (Å²) < 4.78 is 0. The topological polar surface area (TPSA) is 12.4 Å². The zero-order valence-corrected chi connectivity index (χ0v) is 14.9. The molecule has 1 nitrogen and oxygen atoms in total. The summed E-state index contributed by atoms with van der Waals surface area (Å²) in [6, 6.07) is 6.97. The van der Waals surface area contributed by atoms with Crippen molar-refractivity contribution in [3.63, 3.8) is 0 Å². The van der Waals surface area contributed by atoms with Gasteiger partial charge in [-0.2, -0.15) is 0 Å². The average molecular weight is 297 g/mol. The van der Waals surface area contributed by atoms with Crippen LogP contribution in [0.1, 0.15) is 70.1 Å². The molecule has 1 heteroatoms. The third-order valence-corrected chi connectivity index (χ3v) is 3.98. The van der Waals surface area contributed by atoms with Gasteiger partial charge in [-0.25, -0.2) is 0 Å². The van der Waals surface area contributed by atoms with Crippen LogP contribution in [-0.4, -0.2) is 13.3 Å². The monoisotopic (exact) mass is 297 g/mol. The number of aliphatic imine (C=N–C) groups is 1. The number of allylic oxidation sites excluding steroid dienone is 4. The highest BCUT2D eigenvalue weighted by atomic mass is 14.6. The molecule has 2 rings (SSSR count). The zero-order chi connectivity index (χ0) is 16.4. The van der Waals surface area contributed by atoms with Crippen molar-refractivity contribution in [1.29, 1.82) is 0 Å². The minimum absolute atomic E-state index is 1.04. The van der Waals surface area contributed by atoms with E-state index in [0.717, 1.165) is 12.8 Å². The molecule has 0 saturated carbocycles. The van der Waals surface area contributed by atoms with Gasteiger partial charge in [-0.15, -0.1) is 0 Å². The largest absolute Gasteiger partial charge is 0.297 e. The molecule has 1 aliphatic carbocycles. The summed E-state index contributed by atoms with van der Waals surface area (Å²) in [6.45, 7) is 8.43. The second-order valence-electron chi connectivity index (χ2n) is 5.32. The maximum Gasteiger partial charge on any atom is 0.0277 e. The van der Waals surface area contributed by atoms with E-state index in [1.807, 2.05) is 27.1 Å². The summed E-state index contributed by atoms with van der Waals surface area (Å²) in [5.41, 5.74) is 7.23. The van der Waals surface area contributed by atoms with E-state index in [1.165, 1.54) is 47.1 Å². The fourth-order valence-corrected chi connectivity index (χ4v) is 2.94. The lowest BCUT2D eigenvalue weighted by Gasteiger charge is -2.20. The van der Waals surface area contributed by atoms with Crippen LogP contribution < -0.4 is 0 Å². The van der Waals surface area contributed by atoms with Crippen LogP contribution in [0.2, 0.25) is 0 Å². The first-order valence-electron chi connectivity index (χ1n) is 8.74. The van der Waals surface area contributed by atoms with E-state index >= 15 is 0 Å². The van der Waals surface area contributed by atoms with Crippen molar-refractivity contribution in [3.8, 4) is 0 Å². The Morgan fingerprint density at radius 1 is 1.18 bits per heavy atom. The summed E-state index contributed by atoms with van der Waals surface area (Å²) in [5.74, 6) is 0. The van der Waals surface area contributed by atoms with Gasteiger partial charge < -0.3 is 0 Å². The molecule has 1 aliphatic rings. The number of aryl methyl sites for hydroxylation is 1. The minimum atomic E-state index is 1.04. The number of hydrogen-bond donors (Lipinski definition) is 0. The van der Waals surface area contributed by atoms with Crippen LogP contribution in [0.3, 0.4) is 0 Å². The SMILES string of the molecule is CC.CC/C=C1\CCCc2ccc(/C(=C/C=NC)CC)cc21. The molecule has 0 N–H and O–H groups in total. The van der Waals surface area contributed by atoms with Crippen molar-refractivity contribution < 1.29 is 0 Å². The van der Waals surface area contributed by atoms with E-state index in [4.69, 9.17) is 0 Å². The van der Waals surface area contributed by atoms with Crippen molar-refractivity contribution in [3.05, 3.63) is 47.0 Å². The molecule has 0 saturated heterocycles. The maximum absolute atomic E-state index is 4.07. The second-order valence-corrected chi connectivity index (χ2v) is 5.32. The number of benzene rings is 1. The molecular weight excluding hydrogens is 266 g/mol. The summed E-state index contributed by atoms with van der Waals surface area (Å²) in [7, 11) is 1.82. The molecule has 0 aromatic heterocycles. The Bertz CT molecular complexity index is 547. The van der Waals surface area contributed by atoms with Crippen molar-refractivity contribution in [2.24, 2.45) is 4.99 Å². The number of hydrogen-bond acceptors (Lipinski definition) is 1. The van der Waals surface area contributed by atoms with Gasteiger partial charge in [-0.1, -0.05) is 45.9 Å². The van der Waals surface area contributed by atoms with Crippen molar-refractivity contribution >= 4 is 17.4 Å².